The molecule has 1 N–H and O–H groups in total. The molecule has 0 radical (unpaired) electrons. The second-order valence-corrected chi connectivity index (χ2v) is 7.78. The summed E-state index contributed by atoms with van der Waals surface area (Å²) in [4.78, 5) is 23.1. The highest BCUT2D eigenvalue weighted by Gasteiger charge is 2.39. The van der Waals surface area contributed by atoms with Gasteiger partial charge in [-0.2, -0.15) is 4.31 Å². The largest absolute Gasteiger partial charge is 0.480 e. The van der Waals surface area contributed by atoms with E-state index in [-0.39, 0.29) is 23.4 Å². The van der Waals surface area contributed by atoms with Gasteiger partial charge in [-0.3, -0.25) is 4.79 Å². The van der Waals surface area contributed by atoms with Crippen molar-refractivity contribution in [3.63, 3.8) is 0 Å². The summed E-state index contributed by atoms with van der Waals surface area (Å²) < 4.78 is 31.6. The SMILES string of the molecule is COC(=O)c1ccc(S(=O)(=O)N2Cc3ccccc3C[C@H]2C(=O)O)cc1. The van der Waals surface area contributed by atoms with Gasteiger partial charge in [0, 0.05) is 13.0 Å². The third kappa shape index (κ3) is 3.21. The first-order valence-electron chi connectivity index (χ1n) is 7.84. The van der Waals surface area contributed by atoms with E-state index in [2.05, 4.69) is 4.74 Å². The fraction of sp³-hybridized carbons (Fsp3) is 0.222. The molecule has 1 heterocycles. The summed E-state index contributed by atoms with van der Waals surface area (Å²) in [6.07, 6.45) is 0.102. The summed E-state index contributed by atoms with van der Waals surface area (Å²) in [7, 11) is -2.82. The molecule has 0 bridgehead atoms. The number of hydrogen-bond donors (Lipinski definition) is 1. The van der Waals surface area contributed by atoms with E-state index >= 15 is 0 Å². The van der Waals surface area contributed by atoms with E-state index in [1.165, 1.54) is 31.4 Å². The molecule has 0 aromatic heterocycles. The summed E-state index contributed by atoms with van der Waals surface area (Å²) in [5.41, 5.74) is 1.82. The molecule has 1 aliphatic rings. The van der Waals surface area contributed by atoms with Crippen LogP contribution in [0.15, 0.2) is 53.4 Å². The number of rotatable bonds is 4. The monoisotopic (exact) mass is 375 g/mol. The molecular formula is C18H17NO6S. The first-order valence-corrected chi connectivity index (χ1v) is 9.28. The molecule has 0 saturated carbocycles. The Labute approximate surface area is 150 Å². The highest BCUT2D eigenvalue weighted by atomic mass is 32.2. The van der Waals surface area contributed by atoms with Gasteiger partial charge in [-0.15, -0.1) is 0 Å². The molecule has 7 nitrogen and oxygen atoms in total. The van der Waals surface area contributed by atoms with Gasteiger partial charge in [-0.1, -0.05) is 24.3 Å². The molecule has 26 heavy (non-hydrogen) atoms. The van der Waals surface area contributed by atoms with Gasteiger partial charge in [-0.25, -0.2) is 13.2 Å². The molecule has 0 amide bonds. The first kappa shape index (κ1) is 18.1. The third-order valence-electron chi connectivity index (χ3n) is 4.37. The van der Waals surface area contributed by atoms with Crippen LogP contribution in [0.3, 0.4) is 0 Å². The first-order chi connectivity index (χ1) is 12.3. The van der Waals surface area contributed by atoms with E-state index < -0.39 is 28.0 Å². The molecule has 2 aromatic rings. The van der Waals surface area contributed by atoms with Crippen LogP contribution in [0.2, 0.25) is 0 Å². The average molecular weight is 375 g/mol. The maximum Gasteiger partial charge on any atom is 0.337 e. The Hall–Kier alpha value is -2.71. The Morgan fingerprint density at radius 2 is 1.69 bits per heavy atom. The summed E-state index contributed by atoms with van der Waals surface area (Å²) in [5.74, 6) is -1.78. The summed E-state index contributed by atoms with van der Waals surface area (Å²) in [6, 6.07) is 11.2. The summed E-state index contributed by atoms with van der Waals surface area (Å²) in [6.45, 7) is -0.0196. The number of carbonyl (C=O) groups is 2. The number of hydrogen-bond acceptors (Lipinski definition) is 5. The molecule has 0 spiro atoms. The number of nitrogens with zero attached hydrogens (tertiary/aromatic N) is 1. The minimum Gasteiger partial charge on any atom is -0.480 e. The molecule has 1 aliphatic heterocycles. The van der Waals surface area contributed by atoms with Crippen molar-refractivity contribution in [2.45, 2.75) is 23.9 Å². The van der Waals surface area contributed by atoms with Crippen LogP contribution in [-0.2, 0) is 32.5 Å². The van der Waals surface area contributed by atoms with Crippen LogP contribution in [0.1, 0.15) is 21.5 Å². The molecule has 0 fully saturated rings. The Bertz CT molecular complexity index is 952. The Kier molecular flexibility index (Phi) is 4.80. The number of carbonyl (C=O) groups excluding carboxylic acids is 1. The number of sulfonamides is 1. The van der Waals surface area contributed by atoms with Crippen molar-refractivity contribution < 1.29 is 27.9 Å². The number of esters is 1. The predicted molar refractivity (Wildman–Crippen MR) is 92.1 cm³/mol. The molecule has 136 valence electrons. The molecule has 0 unspecified atom stereocenters. The quantitative estimate of drug-likeness (QED) is 0.816. The van der Waals surface area contributed by atoms with Gasteiger partial charge in [0.1, 0.15) is 6.04 Å². The second-order valence-electron chi connectivity index (χ2n) is 5.89. The van der Waals surface area contributed by atoms with Gasteiger partial charge in [0.25, 0.3) is 0 Å². The minimum atomic E-state index is -4.05. The van der Waals surface area contributed by atoms with Crippen LogP contribution in [0.5, 0.6) is 0 Å². The van der Waals surface area contributed by atoms with Crippen molar-refractivity contribution in [3.8, 4) is 0 Å². The van der Waals surface area contributed by atoms with Gasteiger partial charge >= 0.3 is 11.9 Å². The lowest BCUT2D eigenvalue weighted by atomic mass is 9.96. The maximum absolute atomic E-state index is 13.0. The zero-order valence-corrected chi connectivity index (χ0v) is 14.8. The van der Waals surface area contributed by atoms with Crippen molar-refractivity contribution in [2.75, 3.05) is 7.11 Å². The molecule has 2 aromatic carbocycles. The number of methoxy groups -OCH3 is 1. The van der Waals surface area contributed by atoms with Crippen molar-refractivity contribution in [1.29, 1.82) is 0 Å². The van der Waals surface area contributed by atoms with Crippen molar-refractivity contribution in [2.24, 2.45) is 0 Å². The van der Waals surface area contributed by atoms with Crippen LogP contribution in [-0.4, -0.2) is 42.9 Å². The molecule has 3 rings (SSSR count). The Balaban J connectivity index is 1.99. The normalized spacial score (nSPS) is 17.3. The second kappa shape index (κ2) is 6.89. The van der Waals surface area contributed by atoms with E-state index in [4.69, 9.17) is 0 Å². The predicted octanol–water partition coefficient (Wildman–Crippen LogP) is 1.67. The lowest BCUT2D eigenvalue weighted by Gasteiger charge is -2.33. The molecule has 8 heteroatoms. The number of aliphatic carboxylic acids is 1. The lowest BCUT2D eigenvalue weighted by Crippen LogP contribution is -2.48. The van der Waals surface area contributed by atoms with E-state index in [1.807, 2.05) is 0 Å². The number of carboxylic acid groups (broad SMARTS) is 1. The number of ether oxygens (including phenoxy) is 1. The summed E-state index contributed by atoms with van der Waals surface area (Å²) >= 11 is 0. The number of benzene rings is 2. The van der Waals surface area contributed by atoms with Crippen LogP contribution >= 0.6 is 0 Å². The third-order valence-corrected chi connectivity index (χ3v) is 6.24. The van der Waals surface area contributed by atoms with Gasteiger partial charge in [-0.05, 0) is 35.4 Å². The van der Waals surface area contributed by atoms with Crippen molar-refractivity contribution >= 4 is 22.0 Å². The van der Waals surface area contributed by atoms with Gasteiger partial charge < -0.3 is 9.84 Å². The zero-order chi connectivity index (χ0) is 18.9. The van der Waals surface area contributed by atoms with E-state index in [0.29, 0.717) is 0 Å². The lowest BCUT2D eigenvalue weighted by molar-refractivity contribution is -0.141. The highest BCUT2D eigenvalue weighted by molar-refractivity contribution is 7.89. The van der Waals surface area contributed by atoms with Gasteiger partial charge in [0.05, 0.1) is 17.6 Å². The number of carboxylic acids is 1. The van der Waals surface area contributed by atoms with Crippen LogP contribution in [0.25, 0.3) is 0 Å². The minimum absolute atomic E-state index is 0.0196. The average Bonchev–Trinajstić information content (AvgIpc) is 2.66. The molecular weight excluding hydrogens is 358 g/mol. The van der Waals surface area contributed by atoms with Gasteiger partial charge in [0.2, 0.25) is 10.0 Å². The molecule has 1 atom stereocenters. The zero-order valence-electron chi connectivity index (χ0n) is 14.0. The van der Waals surface area contributed by atoms with E-state index in [9.17, 15) is 23.1 Å². The molecule has 0 saturated heterocycles. The van der Waals surface area contributed by atoms with Crippen LogP contribution < -0.4 is 0 Å². The summed E-state index contributed by atoms with van der Waals surface area (Å²) in [5, 5.41) is 9.53. The standard InChI is InChI=1S/C18H17NO6S/c1-25-18(22)12-6-8-15(9-7-12)26(23,24)19-11-14-5-3-2-4-13(14)10-16(19)17(20)21/h2-9,16H,10-11H2,1H3,(H,20,21)/t16-/m0/s1. The van der Waals surface area contributed by atoms with Crippen LogP contribution in [0, 0.1) is 0 Å². The van der Waals surface area contributed by atoms with Crippen molar-refractivity contribution in [1.82, 2.24) is 4.31 Å². The smallest absolute Gasteiger partial charge is 0.337 e. The molecule has 0 aliphatic carbocycles. The van der Waals surface area contributed by atoms with E-state index in [1.54, 1.807) is 24.3 Å². The van der Waals surface area contributed by atoms with E-state index in [0.717, 1.165) is 15.4 Å². The fourth-order valence-electron chi connectivity index (χ4n) is 2.98. The topological polar surface area (TPSA) is 101 Å². The maximum atomic E-state index is 13.0. The highest BCUT2D eigenvalue weighted by Crippen LogP contribution is 2.29. The Morgan fingerprint density at radius 1 is 1.08 bits per heavy atom. The number of fused-ring (bicyclic) bond motifs is 1. The van der Waals surface area contributed by atoms with Crippen LogP contribution in [0.4, 0.5) is 0 Å². The van der Waals surface area contributed by atoms with Gasteiger partial charge in [0.15, 0.2) is 0 Å². The Morgan fingerprint density at radius 3 is 2.27 bits per heavy atom. The fourth-order valence-corrected chi connectivity index (χ4v) is 4.54. The van der Waals surface area contributed by atoms with Crippen molar-refractivity contribution in [3.05, 3.63) is 65.2 Å².